The summed E-state index contributed by atoms with van der Waals surface area (Å²) in [6.07, 6.45) is 16.1. The van der Waals surface area contributed by atoms with Crippen LogP contribution in [0, 0.1) is 62.6 Å². The molecule has 4 saturated carbocycles. The number of ether oxygens (including phenoxy) is 2. The first kappa shape index (κ1) is 35.3. The predicted molar refractivity (Wildman–Crippen MR) is 199 cm³/mol. The zero-order valence-corrected chi connectivity index (χ0v) is 31.5. The molecule has 50 heavy (non-hydrogen) atoms. The first-order valence-corrected chi connectivity index (χ1v) is 19.2. The van der Waals surface area contributed by atoms with Crippen LogP contribution in [0.15, 0.2) is 72.3 Å². The molecule has 0 saturated heterocycles. The number of rotatable bonds is 6. The fourth-order valence-electron chi connectivity index (χ4n) is 12.6. The van der Waals surface area contributed by atoms with Crippen molar-refractivity contribution in [3.63, 3.8) is 0 Å². The molecule has 266 valence electrons. The Morgan fingerprint density at radius 1 is 0.840 bits per heavy atom. The van der Waals surface area contributed by atoms with Gasteiger partial charge in [0, 0.05) is 5.92 Å². The van der Waals surface area contributed by atoms with E-state index < -0.39 is 11.5 Å². The third-order valence-electron chi connectivity index (χ3n) is 15.8. The fourth-order valence-corrected chi connectivity index (χ4v) is 12.6. The Bertz CT molecular complexity index is 1660. The van der Waals surface area contributed by atoms with Crippen molar-refractivity contribution in [3.05, 3.63) is 83.4 Å². The van der Waals surface area contributed by atoms with E-state index in [0.29, 0.717) is 18.3 Å². The van der Waals surface area contributed by atoms with Gasteiger partial charge < -0.3 is 9.47 Å². The van der Waals surface area contributed by atoms with Gasteiger partial charge in [-0.05, 0) is 121 Å². The molecule has 2 aromatic rings. The number of fused-ring (bicyclic) bond motifs is 7. The number of ketones is 1. The molecule has 0 bridgehead atoms. The maximum absolute atomic E-state index is 14.9. The lowest BCUT2D eigenvalue weighted by Gasteiger charge is -2.70. The highest BCUT2D eigenvalue weighted by Gasteiger charge is 2.70. The van der Waals surface area contributed by atoms with E-state index in [0.717, 1.165) is 68.9 Å². The van der Waals surface area contributed by atoms with Crippen molar-refractivity contribution in [1.29, 1.82) is 0 Å². The Labute approximate surface area is 301 Å². The van der Waals surface area contributed by atoms with Gasteiger partial charge in [0.1, 0.15) is 6.61 Å². The molecule has 0 aromatic heterocycles. The van der Waals surface area contributed by atoms with E-state index in [1.165, 1.54) is 5.57 Å². The normalized spacial score (nSPS) is 40.3. The predicted octanol–water partition coefficient (Wildman–Crippen LogP) is 10.3. The van der Waals surface area contributed by atoms with Crippen molar-refractivity contribution < 1.29 is 19.1 Å². The Kier molecular flexibility index (Phi) is 8.62. The number of benzene rings is 2. The Morgan fingerprint density at radius 3 is 2.08 bits per heavy atom. The van der Waals surface area contributed by atoms with E-state index in [2.05, 4.69) is 60.5 Å². The minimum absolute atomic E-state index is 0.0304. The molecule has 0 aliphatic heterocycles. The van der Waals surface area contributed by atoms with Crippen LogP contribution in [0.25, 0.3) is 0 Å². The minimum Gasteiger partial charge on any atom is -0.452 e. The van der Waals surface area contributed by atoms with Gasteiger partial charge in [0.25, 0.3) is 0 Å². The van der Waals surface area contributed by atoms with Crippen LogP contribution in [-0.4, -0.2) is 24.5 Å². The smallest absolute Gasteiger partial charge is 0.312 e. The number of allylic oxidation sites excluding steroid dienone is 2. The largest absolute Gasteiger partial charge is 0.452 e. The highest BCUT2D eigenvalue weighted by molar-refractivity contribution is 5.95. The summed E-state index contributed by atoms with van der Waals surface area (Å²) in [6.45, 7) is 17.0. The van der Waals surface area contributed by atoms with Crippen LogP contribution < -0.4 is 0 Å². The topological polar surface area (TPSA) is 52.6 Å². The summed E-state index contributed by atoms with van der Waals surface area (Å²) in [7, 11) is 0. The molecule has 4 nitrogen and oxygen atoms in total. The number of hydrogen-bond acceptors (Lipinski definition) is 4. The van der Waals surface area contributed by atoms with Crippen LogP contribution in [0.4, 0.5) is 0 Å². The molecule has 5 aliphatic carbocycles. The van der Waals surface area contributed by atoms with Gasteiger partial charge in [0.05, 0.1) is 11.5 Å². The molecular formula is C46H58O4. The molecular weight excluding hydrogens is 617 g/mol. The lowest BCUT2D eigenvalue weighted by Crippen LogP contribution is -2.66. The zero-order chi connectivity index (χ0) is 35.7. The molecule has 4 heteroatoms. The molecule has 6 unspecified atom stereocenters. The Hall–Kier alpha value is -3.16. The third-order valence-corrected chi connectivity index (χ3v) is 15.8. The highest BCUT2D eigenvalue weighted by atomic mass is 16.5. The van der Waals surface area contributed by atoms with Gasteiger partial charge in [-0.2, -0.15) is 0 Å². The second-order valence-corrected chi connectivity index (χ2v) is 18.7. The summed E-state index contributed by atoms with van der Waals surface area (Å²) in [4.78, 5) is 29.3. The average Bonchev–Trinajstić information content (AvgIpc) is 3.09. The molecule has 5 aliphatic rings. The van der Waals surface area contributed by atoms with E-state index in [-0.39, 0.29) is 51.0 Å². The standard InChI is InChI=1S/C46H58O4/c1-9-28-49-37-21-22-44(6)36(41(37,2)3)20-23-46(8)39(44)35(47)29-33-34-30-43(5,25-24-42(34,4)26-27-45(33,46)7)40(48)50-38(31-16-12-10-13-17-31)32-18-14-11-15-19-32/h1,10-19,29,34,36-39H,20-28,30H2,2-8H3/t34?,36?,37?,39-,42?,43+,44?,45-,46?/m1/s1. The van der Waals surface area contributed by atoms with Crippen LogP contribution >= 0.6 is 0 Å². The molecule has 0 spiro atoms. The van der Waals surface area contributed by atoms with Gasteiger partial charge in [-0.3, -0.25) is 9.59 Å². The summed E-state index contributed by atoms with van der Waals surface area (Å²) in [5.41, 5.74) is 2.26. The third kappa shape index (κ3) is 5.19. The molecule has 4 fully saturated rings. The number of hydrogen-bond donors (Lipinski definition) is 0. The SMILES string of the molecule is C#CCOC1CCC2(C)C(CCC3(C)[C@@H]2C(=O)C=C2C4C[C@@](C)(C(=O)OC(c5ccccc5)c5ccccc5)CCC4(C)CC[C@]23C)C1(C)C. The molecule has 9 atom stereocenters. The molecule has 7 rings (SSSR count). The van der Waals surface area contributed by atoms with Crippen LogP contribution in [-0.2, 0) is 19.1 Å². The van der Waals surface area contributed by atoms with Crippen molar-refractivity contribution in [2.75, 3.05) is 6.61 Å². The van der Waals surface area contributed by atoms with Gasteiger partial charge in [-0.1, -0.05) is 114 Å². The van der Waals surface area contributed by atoms with E-state index in [9.17, 15) is 9.59 Å². The molecule has 0 N–H and O–H groups in total. The van der Waals surface area contributed by atoms with Gasteiger partial charge >= 0.3 is 5.97 Å². The maximum atomic E-state index is 14.9. The minimum atomic E-state index is -0.643. The molecule has 0 heterocycles. The number of esters is 1. The van der Waals surface area contributed by atoms with Crippen LogP contribution in [0.1, 0.15) is 123 Å². The van der Waals surface area contributed by atoms with Crippen molar-refractivity contribution in [1.82, 2.24) is 0 Å². The second kappa shape index (κ2) is 12.2. The summed E-state index contributed by atoms with van der Waals surface area (Å²) in [6, 6.07) is 20.2. The van der Waals surface area contributed by atoms with E-state index >= 15 is 0 Å². The number of carbonyl (C=O) groups is 2. The Balaban J connectivity index is 1.21. The first-order chi connectivity index (χ1) is 23.6. The van der Waals surface area contributed by atoms with Gasteiger partial charge in [-0.15, -0.1) is 6.42 Å². The lowest BCUT2D eigenvalue weighted by atomic mass is 9.33. The fraction of sp³-hybridized carbons (Fsp3) is 0.609. The lowest BCUT2D eigenvalue weighted by molar-refractivity contribution is -0.207. The Morgan fingerprint density at radius 2 is 1.46 bits per heavy atom. The van der Waals surface area contributed by atoms with Gasteiger partial charge in [0.2, 0.25) is 0 Å². The van der Waals surface area contributed by atoms with Crippen LogP contribution in [0.2, 0.25) is 0 Å². The van der Waals surface area contributed by atoms with Crippen molar-refractivity contribution >= 4 is 11.8 Å². The number of carbonyl (C=O) groups excluding carboxylic acids is 2. The summed E-state index contributed by atoms with van der Waals surface area (Å²) < 4.78 is 12.8. The summed E-state index contributed by atoms with van der Waals surface area (Å²) in [5.74, 6) is 3.38. The van der Waals surface area contributed by atoms with E-state index in [1.54, 1.807) is 0 Å². The van der Waals surface area contributed by atoms with Crippen molar-refractivity contribution in [3.8, 4) is 12.3 Å². The molecule has 0 radical (unpaired) electrons. The quantitative estimate of drug-likeness (QED) is 0.226. The zero-order valence-electron chi connectivity index (χ0n) is 31.5. The molecule has 2 aromatic carbocycles. The van der Waals surface area contributed by atoms with Crippen molar-refractivity contribution in [2.45, 2.75) is 118 Å². The van der Waals surface area contributed by atoms with E-state index in [4.69, 9.17) is 15.9 Å². The monoisotopic (exact) mass is 674 g/mol. The highest BCUT2D eigenvalue weighted by Crippen LogP contribution is 2.75. The first-order valence-electron chi connectivity index (χ1n) is 19.2. The van der Waals surface area contributed by atoms with Crippen LogP contribution in [0.3, 0.4) is 0 Å². The summed E-state index contributed by atoms with van der Waals surface area (Å²) >= 11 is 0. The van der Waals surface area contributed by atoms with Crippen molar-refractivity contribution in [2.24, 2.45) is 50.2 Å². The van der Waals surface area contributed by atoms with E-state index in [1.807, 2.05) is 60.7 Å². The van der Waals surface area contributed by atoms with Gasteiger partial charge in [0.15, 0.2) is 11.9 Å². The average molecular weight is 675 g/mol. The van der Waals surface area contributed by atoms with Crippen LogP contribution in [0.5, 0.6) is 0 Å². The number of terminal acetylenes is 1. The maximum Gasteiger partial charge on any atom is 0.312 e. The van der Waals surface area contributed by atoms with Gasteiger partial charge in [-0.25, -0.2) is 0 Å². The molecule has 0 amide bonds. The second-order valence-electron chi connectivity index (χ2n) is 18.7. The summed E-state index contributed by atoms with van der Waals surface area (Å²) in [5, 5.41) is 0.